The van der Waals surface area contributed by atoms with E-state index in [2.05, 4.69) is 21.6 Å². The van der Waals surface area contributed by atoms with Gasteiger partial charge >= 0.3 is 6.03 Å². The number of aromatic nitrogens is 5. The van der Waals surface area contributed by atoms with Gasteiger partial charge in [-0.1, -0.05) is 6.07 Å². The largest absolute Gasteiger partial charge is 0.329 e. The van der Waals surface area contributed by atoms with Crippen molar-refractivity contribution in [1.82, 2.24) is 29.9 Å². The van der Waals surface area contributed by atoms with Gasteiger partial charge in [-0.15, -0.1) is 0 Å². The monoisotopic (exact) mass is 377 g/mol. The molecule has 5 heterocycles. The first-order valence-corrected chi connectivity index (χ1v) is 9.78. The van der Waals surface area contributed by atoms with Gasteiger partial charge in [0.25, 0.3) is 0 Å². The van der Waals surface area contributed by atoms with Crippen molar-refractivity contribution in [3.05, 3.63) is 48.0 Å². The summed E-state index contributed by atoms with van der Waals surface area (Å²) in [7, 11) is 1.89. The third-order valence-electron chi connectivity index (χ3n) is 5.55. The van der Waals surface area contributed by atoms with E-state index in [-0.39, 0.29) is 12.1 Å². The van der Waals surface area contributed by atoms with E-state index in [9.17, 15) is 4.79 Å². The second-order valence-corrected chi connectivity index (χ2v) is 7.46. The molecular formula is C20H23N7O. The number of nitrogens with zero attached hydrogens (tertiary/aromatic N) is 6. The van der Waals surface area contributed by atoms with Crippen LogP contribution in [0.3, 0.4) is 0 Å². The Labute approximate surface area is 163 Å². The quantitative estimate of drug-likeness (QED) is 0.744. The number of carbonyl (C=O) groups is 1. The molecule has 0 fully saturated rings. The van der Waals surface area contributed by atoms with Crippen molar-refractivity contribution >= 4 is 11.8 Å². The average Bonchev–Trinajstić information content (AvgIpc) is 3.36. The molecule has 2 aliphatic heterocycles. The van der Waals surface area contributed by atoms with Crippen LogP contribution in [0.5, 0.6) is 0 Å². The van der Waals surface area contributed by atoms with Crippen molar-refractivity contribution in [1.29, 1.82) is 0 Å². The van der Waals surface area contributed by atoms with Gasteiger partial charge in [0, 0.05) is 38.1 Å². The lowest BCUT2D eigenvalue weighted by Gasteiger charge is -2.31. The van der Waals surface area contributed by atoms with Crippen LogP contribution in [0.15, 0.2) is 36.8 Å². The SMILES string of the molecule is Cn1cc(-c2ccc3c(n2)N(C(=O)NC2CCCn4nccc42)CCC3)cn1. The molecule has 0 bridgehead atoms. The Morgan fingerprint density at radius 2 is 2.11 bits per heavy atom. The van der Waals surface area contributed by atoms with Crippen molar-refractivity contribution in [2.24, 2.45) is 7.05 Å². The minimum absolute atomic E-state index is 0.00404. The predicted molar refractivity (Wildman–Crippen MR) is 105 cm³/mol. The summed E-state index contributed by atoms with van der Waals surface area (Å²) < 4.78 is 3.74. The lowest BCUT2D eigenvalue weighted by atomic mass is 10.0. The highest BCUT2D eigenvalue weighted by atomic mass is 16.2. The number of anilines is 1. The Balaban J connectivity index is 1.42. The summed E-state index contributed by atoms with van der Waals surface area (Å²) in [5.74, 6) is 0.759. The third kappa shape index (κ3) is 2.94. The standard InChI is InChI=1S/C20H23N7O/c1-25-13-15(12-22-25)16-7-6-14-4-2-10-26(19(14)23-16)20(28)24-17-5-3-11-27-18(17)8-9-21-27/h6-9,12-13,17H,2-5,10-11H2,1H3,(H,24,28). The number of fused-ring (bicyclic) bond motifs is 2. The van der Waals surface area contributed by atoms with Gasteiger partial charge in [0.2, 0.25) is 0 Å². The van der Waals surface area contributed by atoms with Crippen LogP contribution in [0.1, 0.15) is 36.6 Å². The minimum atomic E-state index is -0.0866. The second-order valence-electron chi connectivity index (χ2n) is 7.46. The molecule has 5 rings (SSSR count). The molecule has 1 N–H and O–H groups in total. The van der Waals surface area contributed by atoms with E-state index in [1.807, 2.05) is 30.1 Å². The summed E-state index contributed by atoms with van der Waals surface area (Å²) in [6, 6.07) is 6.00. The highest BCUT2D eigenvalue weighted by Gasteiger charge is 2.28. The molecule has 0 saturated heterocycles. The molecule has 0 saturated carbocycles. The van der Waals surface area contributed by atoms with Crippen LogP contribution in [0.4, 0.5) is 10.6 Å². The summed E-state index contributed by atoms with van der Waals surface area (Å²) in [4.78, 5) is 19.7. The molecule has 2 aliphatic rings. The first-order chi connectivity index (χ1) is 13.7. The van der Waals surface area contributed by atoms with E-state index in [1.54, 1.807) is 22.0 Å². The van der Waals surface area contributed by atoms with Gasteiger partial charge in [0.15, 0.2) is 0 Å². The van der Waals surface area contributed by atoms with Gasteiger partial charge in [0.05, 0.1) is 23.6 Å². The highest BCUT2D eigenvalue weighted by Crippen LogP contribution is 2.30. The molecule has 8 heteroatoms. The third-order valence-corrected chi connectivity index (χ3v) is 5.55. The maximum atomic E-state index is 13.1. The van der Waals surface area contributed by atoms with Crippen LogP contribution in [0, 0.1) is 0 Å². The van der Waals surface area contributed by atoms with E-state index in [4.69, 9.17) is 4.98 Å². The number of aryl methyl sites for hydroxylation is 3. The molecule has 3 aromatic heterocycles. The fourth-order valence-corrected chi connectivity index (χ4v) is 4.14. The summed E-state index contributed by atoms with van der Waals surface area (Å²) in [5.41, 5.74) is 3.98. The number of urea groups is 1. The zero-order chi connectivity index (χ0) is 19.1. The Bertz CT molecular complexity index is 1020. The smallest absolute Gasteiger partial charge is 0.323 e. The number of carbonyl (C=O) groups excluding carboxylic acids is 1. The molecule has 0 aromatic carbocycles. The maximum Gasteiger partial charge on any atom is 0.323 e. The first kappa shape index (κ1) is 17.0. The lowest BCUT2D eigenvalue weighted by Crippen LogP contribution is -2.45. The van der Waals surface area contributed by atoms with Crippen LogP contribution in [0.25, 0.3) is 11.3 Å². The topological polar surface area (TPSA) is 80.9 Å². The molecule has 0 spiro atoms. The maximum absolute atomic E-state index is 13.1. The molecule has 0 radical (unpaired) electrons. The molecule has 8 nitrogen and oxygen atoms in total. The van der Waals surface area contributed by atoms with Gasteiger partial charge in [0.1, 0.15) is 5.82 Å². The molecule has 28 heavy (non-hydrogen) atoms. The summed E-state index contributed by atoms with van der Waals surface area (Å²) in [5, 5.41) is 11.8. The number of rotatable bonds is 2. The van der Waals surface area contributed by atoms with Crippen LogP contribution < -0.4 is 10.2 Å². The van der Waals surface area contributed by atoms with Crippen LogP contribution in [-0.2, 0) is 20.0 Å². The zero-order valence-corrected chi connectivity index (χ0v) is 15.9. The number of pyridine rings is 1. The average molecular weight is 377 g/mol. The summed E-state index contributed by atoms with van der Waals surface area (Å²) in [6.07, 6.45) is 9.36. The van der Waals surface area contributed by atoms with Crippen molar-refractivity contribution < 1.29 is 4.79 Å². The normalized spacial score (nSPS) is 18.5. The van der Waals surface area contributed by atoms with Gasteiger partial charge in [-0.3, -0.25) is 14.3 Å². The Hall–Kier alpha value is -3.16. The number of nitrogens with one attached hydrogen (secondary N) is 1. The van der Waals surface area contributed by atoms with E-state index in [0.29, 0.717) is 6.54 Å². The van der Waals surface area contributed by atoms with Crippen molar-refractivity contribution in [3.63, 3.8) is 0 Å². The minimum Gasteiger partial charge on any atom is -0.329 e. The van der Waals surface area contributed by atoms with Crippen molar-refractivity contribution in [2.75, 3.05) is 11.4 Å². The van der Waals surface area contributed by atoms with Crippen LogP contribution >= 0.6 is 0 Å². The predicted octanol–water partition coefficient (Wildman–Crippen LogP) is 2.68. The zero-order valence-electron chi connectivity index (χ0n) is 15.9. The van der Waals surface area contributed by atoms with E-state index in [1.165, 1.54) is 0 Å². The summed E-state index contributed by atoms with van der Waals surface area (Å²) in [6.45, 7) is 1.59. The Morgan fingerprint density at radius 1 is 1.18 bits per heavy atom. The van der Waals surface area contributed by atoms with Crippen molar-refractivity contribution in [2.45, 2.75) is 38.3 Å². The van der Waals surface area contributed by atoms with E-state index >= 15 is 0 Å². The highest BCUT2D eigenvalue weighted by molar-refractivity contribution is 5.92. The van der Waals surface area contributed by atoms with Crippen molar-refractivity contribution in [3.8, 4) is 11.3 Å². The molecule has 144 valence electrons. The van der Waals surface area contributed by atoms with Gasteiger partial charge in [-0.2, -0.15) is 10.2 Å². The van der Waals surface area contributed by atoms with Gasteiger partial charge in [-0.05, 0) is 43.4 Å². The molecule has 1 atom stereocenters. The molecular weight excluding hydrogens is 354 g/mol. The van der Waals surface area contributed by atoms with Gasteiger partial charge < -0.3 is 5.32 Å². The number of amides is 2. The first-order valence-electron chi connectivity index (χ1n) is 9.78. The fraction of sp³-hybridized carbons (Fsp3) is 0.400. The van der Waals surface area contributed by atoms with E-state index in [0.717, 1.165) is 60.6 Å². The molecule has 0 aliphatic carbocycles. The lowest BCUT2D eigenvalue weighted by molar-refractivity contribution is 0.238. The molecule has 1 unspecified atom stereocenters. The van der Waals surface area contributed by atoms with E-state index < -0.39 is 0 Å². The van der Waals surface area contributed by atoms with Crippen LogP contribution in [-0.4, -0.2) is 37.1 Å². The second kappa shape index (κ2) is 6.78. The van der Waals surface area contributed by atoms with Gasteiger partial charge in [-0.25, -0.2) is 9.78 Å². The summed E-state index contributed by atoms with van der Waals surface area (Å²) >= 11 is 0. The fourth-order valence-electron chi connectivity index (χ4n) is 4.14. The Kier molecular flexibility index (Phi) is 4.11. The Morgan fingerprint density at radius 3 is 2.96 bits per heavy atom. The molecule has 2 amide bonds. The number of hydrogen-bond acceptors (Lipinski definition) is 4. The number of hydrogen-bond donors (Lipinski definition) is 1. The molecule has 3 aromatic rings. The van der Waals surface area contributed by atoms with Crippen LogP contribution in [0.2, 0.25) is 0 Å².